The van der Waals surface area contributed by atoms with Gasteiger partial charge in [-0.25, -0.2) is 0 Å². The van der Waals surface area contributed by atoms with Crippen molar-refractivity contribution >= 4 is 11.7 Å². The number of nitrogens with zero attached hydrogens (tertiary/aromatic N) is 1. The van der Waals surface area contributed by atoms with Crippen LogP contribution in [0.15, 0.2) is 30.3 Å². The van der Waals surface area contributed by atoms with Crippen molar-refractivity contribution in [3.63, 3.8) is 0 Å². The van der Waals surface area contributed by atoms with Crippen molar-refractivity contribution in [1.29, 1.82) is 0 Å². The molecule has 0 amide bonds. The Morgan fingerprint density at radius 2 is 2.00 bits per heavy atom. The lowest BCUT2D eigenvalue weighted by atomic mass is 10.1. The molecule has 1 aromatic carbocycles. The molecule has 18 heavy (non-hydrogen) atoms. The summed E-state index contributed by atoms with van der Waals surface area (Å²) in [5, 5.41) is 3.06. The molecule has 1 heterocycles. The van der Waals surface area contributed by atoms with Gasteiger partial charge < -0.3 is 15.0 Å². The topological polar surface area (TPSA) is 41.6 Å². The van der Waals surface area contributed by atoms with Crippen LogP contribution >= 0.6 is 0 Å². The number of rotatable bonds is 4. The van der Waals surface area contributed by atoms with Crippen molar-refractivity contribution in [2.24, 2.45) is 0 Å². The molecule has 1 saturated heterocycles. The first kappa shape index (κ1) is 12.9. The second kappa shape index (κ2) is 6.40. The highest BCUT2D eigenvalue weighted by molar-refractivity contribution is 5.75. The van der Waals surface area contributed by atoms with Crippen LogP contribution in [-0.2, 0) is 9.53 Å². The van der Waals surface area contributed by atoms with Gasteiger partial charge >= 0.3 is 5.97 Å². The highest BCUT2D eigenvalue weighted by atomic mass is 16.5. The fourth-order valence-corrected chi connectivity index (χ4v) is 2.06. The molecule has 1 N–H and O–H groups in total. The van der Waals surface area contributed by atoms with Crippen molar-refractivity contribution in [3.05, 3.63) is 30.3 Å². The average molecular weight is 248 g/mol. The predicted octanol–water partition coefficient (Wildman–Crippen LogP) is 1.74. The fourth-order valence-electron chi connectivity index (χ4n) is 2.06. The number of likely N-dealkylation sites (tertiary alicyclic amines) is 1. The number of esters is 1. The van der Waals surface area contributed by atoms with Gasteiger partial charge in [0.05, 0.1) is 0 Å². The molecule has 0 aromatic heterocycles. The van der Waals surface area contributed by atoms with E-state index in [1.165, 1.54) is 0 Å². The molecule has 98 valence electrons. The summed E-state index contributed by atoms with van der Waals surface area (Å²) in [6.45, 7) is 2.24. The van der Waals surface area contributed by atoms with Crippen LogP contribution in [0.3, 0.4) is 0 Å². The maximum atomic E-state index is 11.7. The van der Waals surface area contributed by atoms with Gasteiger partial charge in [-0.05, 0) is 32.0 Å². The quantitative estimate of drug-likeness (QED) is 0.824. The van der Waals surface area contributed by atoms with Gasteiger partial charge in [0.1, 0.15) is 12.6 Å². The summed E-state index contributed by atoms with van der Waals surface area (Å²) in [6, 6.07) is 9.68. The normalized spacial score (nSPS) is 17.4. The largest absolute Gasteiger partial charge is 0.461 e. The van der Waals surface area contributed by atoms with Gasteiger partial charge in [0, 0.05) is 18.8 Å². The lowest BCUT2D eigenvalue weighted by molar-refractivity contribution is -0.148. The minimum absolute atomic E-state index is 0.0891. The molecular formula is C14H20N2O2. The van der Waals surface area contributed by atoms with E-state index < -0.39 is 0 Å². The second-order valence-electron chi connectivity index (χ2n) is 4.71. The molecule has 1 aliphatic rings. The third-order valence-electron chi connectivity index (χ3n) is 3.17. The number of carbonyl (C=O) groups is 1. The lowest BCUT2D eigenvalue weighted by Gasteiger charge is -2.28. The van der Waals surface area contributed by atoms with Crippen molar-refractivity contribution in [3.8, 4) is 0 Å². The average Bonchev–Trinajstić information content (AvgIpc) is 2.40. The molecular weight excluding hydrogens is 228 g/mol. The van der Waals surface area contributed by atoms with Gasteiger partial charge in [0.2, 0.25) is 0 Å². The summed E-state index contributed by atoms with van der Waals surface area (Å²) in [6.07, 6.45) is 1.97. The molecule has 1 aliphatic heterocycles. The van der Waals surface area contributed by atoms with E-state index in [4.69, 9.17) is 4.74 Å². The number of hydrogen-bond donors (Lipinski definition) is 1. The Kier molecular flexibility index (Phi) is 4.59. The van der Waals surface area contributed by atoms with Crippen LogP contribution in [0.5, 0.6) is 0 Å². The smallest absolute Gasteiger partial charge is 0.325 e. The molecule has 0 spiro atoms. The summed E-state index contributed by atoms with van der Waals surface area (Å²) in [5.74, 6) is -0.173. The number of nitrogens with one attached hydrogen (secondary N) is 1. The Morgan fingerprint density at radius 3 is 2.67 bits per heavy atom. The van der Waals surface area contributed by atoms with E-state index in [1.54, 1.807) is 0 Å². The van der Waals surface area contributed by atoms with Gasteiger partial charge in [0.25, 0.3) is 0 Å². The molecule has 1 aromatic rings. The van der Waals surface area contributed by atoms with E-state index in [9.17, 15) is 4.79 Å². The molecule has 0 aliphatic carbocycles. The highest BCUT2D eigenvalue weighted by Gasteiger charge is 2.19. The van der Waals surface area contributed by atoms with E-state index >= 15 is 0 Å². The number of carbonyl (C=O) groups excluding carboxylic acids is 1. The monoisotopic (exact) mass is 248 g/mol. The van der Waals surface area contributed by atoms with Crippen LogP contribution in [0.4, 0.5) is 5.69 Å². The van der Waals surface area contributed by atoms with Gasteiger partial charge in [0.15, 0.2) is 0 Å². The lowest BCUT2D eigenvalue weighted by Crippen LogP contribution is -2.36. The molecule has 2 rings (SSSR count). The van der Waals surface area contributed by atoms with Crippen LogP contribution < -0.4 is 5.32 Å². The van der Waals surface area contributed by atoms with E-state index in [-0.39, 0.29) is 18.6 Å². The number of piperidine rings is 1. The summed E-state index contributed by atoms with van der Waals surface area (Å²) in [7, 11) is 2.09. The van der Waals surface area contributed by atoms with E-state index in [2.05, 4.69) is 17.3 Å². The maximum Gasteiger partial charge on any atom is 0.325 e. The number of ether oxygens (including phenoxy) is 1. The zero-order valence-electron chi connectivity index (χ0n) is 10.8. The summed E-state index contributed by atoms with van der Waals surface area (Å²) >= 11 is 0. The minimum atomic E-state index is -0.173. The van der Waals surface area contributed by atoms with Gasteiger partial charge in [-0.15, -0.1) is 0 Å². The third-order valence-corrected chi connectivity index (χ3v) is 3.17. The molecule has 0 saturated carbocycles. The van der Waals surface area contributed by atoms with Crippen LogP contribution in [0.2, 0.25) is 0 Å². The van der Waals surface area contributed by atoms with Crippen molar-refractivity contribution in [2.75, 3.05) is 32.0 Å². The summed E-state index contributed by atoms with van der Waals surface area (Å²) < 4.78 is 5.43. The molecule has 0 bridgehead atoms. The van der Waals surface area contributed by atoms with Crippen molar-refractivity contribution < 1.29 is 9.53 Å². The number of benzene rings is 1. The molecule has 0 unspecified atom stereocenters. The molecule has 1 fully saturated rings. The van der Waals surface area contributed by atoms with E-state index in [1.807, 2.05) is 30.3 Å². The van der Waals surface area contributed by atoms with Crippen LogP contribution in [0.25, 0.3) is 0 Å². The fraction of sp³-hybridized carbons (Fsp3) is 0.500. The molecule has 0 atom stereocenters. The first-order chi connectivity index (χ1) is 8.74. The molecule has 4 heteroatoms. The zero-order valence-corrected chi connectivity index (χ0v) is 10.8. The van der Waals surface area contributed by atoms with Gasteiger partial charge in [-0.1, -0.05) is 18.2 Å². The Hall–Kier alpha value is -1.55. The number of anilines is 1. The number of hydrogen-bond acceptors (Lipinski definition) is 4. The maximum absolute atomic E-state index is 11.7. The van der Waals surface area contributed by atoms with Gasteiger partial charge in [-0.3, -0.25) is 4.79 Å². The van der Waals surface area contributed by atoms with E-state index in [0.29, 0.717) is 0 Å². The highest BCUT2D eigenvalue weighted by Crippen LogP contribution is 2.12. The first-order valence-electron chi connectivity index (χ1n) is 6.41. The first-order valence-corrected chi connectivity index (χ1v) is 6.41. The Morgan fingerprint density at radius 1 is 1.33 bits per heavy atom. The Labute approximate surface area is 108 Å². The zero-order chi connectivity index (χ0) is 12.8. The minimum Gasteiger partial charge on any atom is -0.461 e. The Bertz CT molecular complexity index is 373. The van der Waals surface area contributed by atoms with Crippen LogP contribution in [0, 0.1) is 0 Å². The summed E-state index contributed by atoms with van der Waals surface area (Å²) in [5.41, 5.74) is 0.942. The standard InChI is InChI=1S/C14H20N2O2/c1-16-9-7-13(8-10-16)18-14(17)11-15-12-5-3-2-4-6-12/h2-6,13,15H,7-11H2,1H3. The van der Waals surface area contributed by atoms with Crippen molar-refractivity contribution in [2.45, 2.75) is 18.9 Å². The summed E-state index contributed by atoms with van der Waals surface area (Å²) in [4.78, 5) is 13.9. The molecule has 4 nitrogen and oxygen atoms in total. The Balaban J connectivity index is 1.69. The second-order valence-corrected chi connectivity index (χ2v) is 4.71. The van der Waals surface area contributed by atoms with Crippen molar-refractivity contribution in [1.82, 2.24) is 4.90 Å². The molecule has 0 radical (unpaired) electrons. The number of para-hydroxylation sites is 1. The SMILES string of the molecule is CN1CCC(OC(=O)CNc2ccccc2)CC1. The third kappa shape index (κ3) is 4.04. The van der Waals surface area contributed by atoms with Gasteiger partial charge in [-0.2, -0.15) is 0 Å². The van der Waals surface area contributed by atoms with Crippen LogP contribution in [0.1, 0.15) is 12.8 Å². The van der Waals surface area contributed by atoms with E-state index in [0.717, 1.165) is 31.6 Å². The predicted molar refractivity (Wildman–Crippen MR) is 71.5 cm³/mol. The van der Waals surface area contributed by atoms with Crippen LogP contribution in [-0.4, -0.2) is 43.7 Å².